The second-order valence-corrected chi connectivity index (χ2v) is 5.34. The van der Waals surface area contributed by atoms with Crippen LogP contribution in [0, 0.1) is 0 Å². The van der Waals surface area contributed by atoms with Gasteiger partial charge in [0.15, 0.2) is 0 Å². The van der Waals surface area contributed by atoms with E-state index >= 15 is 0 Å². The zero-order valence-electron chi connectivity index (χ0n) is 10.6. The van der Waals surface area contributed by atoms with Gasteiger partial charge in [0.05, 0.1) is 17.7 Å². The number of rotatable bonds is 6. The molecule has 0 aliphatic rings. The van der Waals surface area contributed by atoms with Crippen molar-refractivity contribution in [3.63, 3.8) is 0 Å². The Bertz CT molecular complexity index is 530. The van der Waals surface area contributed by atoms with E-state index in [0.29, 0.717) is 18.2 Å². The molecule has 1 aromatic heterocycles. The number of para-hydroxylation sites is 1. The van der Waals surface area contributed by atoms with Gasteiger partial charge in [0, 0.05) is 17.6 Å². The van der Waals surface area contributed by atoms with Crippen molar-refractivity contribution in [3.05, 3.63) is 51.2 Å². The van der Waals surface area contributed by atoms with Gasteiger partial charge in [0.2, 0.25) is 0 Å². The first kappa shape index (κ1) is 14.3. The highest BCUT2D eigenvalue weighted by Gasteiger charge is 2.17. The third-order valence-corrected chi connectivity index (χ3v) is 4.17. The molecule has 102 valence electrons. The maximum Gasteiger partial charge on any atom is 0.124 e. The molecule has 0 saturated heterocycles. The van der Waals surface area contributed by atoms with E-state index in [2.05, 4.69) is 0 Å². The van der Waals surface area contributed by atoms with Crippen molar-refractivity contribution < 1.29 is 9.47 Å². The summed E-state index contributed by atoms with van der Waals surface area (Å²) in [5.41, 5.74) is 7.21. The van der Waals surface area contributed by atoms with Crippen LogP contribution in [0.1, 0.15) is 16.5 Å². The van der Waals surface area contributed by atoms with Gasteiger partial charge < -0.3 is 15.2 Å². The van der Waals surface area contributed by atoms with E-state index in [9.17, 15) is 0 Å². The molecule has 5 heteroatoms. The topological polar surface area (TPSA) is 44.5 Å². The van der Waals surface area contributed by atoms with E-state index in [1.54, 1.807) is 18.4 Å². The van der Waals surface area contributed by atoms with Gasteiger partial charge in [-0.05, 0) is 17.5 Å². The van der Waals surface area contributed by atoms with E-state index in [0.717, 1.165) is 16.2 Å². The molecular formula is C14H16ClNO2S. The van der Waals surface area contributed by atoms with Gasteiger partial charge in [-0.3, -0.25) is 0 Å². The van der Waals surface area contributed by atoms with Crippen LogP contribution >= 0.6 is 22.9 Å². The predicted octanol–water partition coefficient (Wildman–Crippen LogP) is 3.47. The second kappa shape index (κ2) is 6.91. The smallest absolute Gasteiger partial charge is 0.124 e. The van der Waals surface area contributed by atoms with E-state index in [1.807, 2.05) is 35.7 Å². The fourth-order valence-corrected chi connectivity index (χ4v) is 2.97. The summed E-state index contributed by atoms with van der Waals surface area (Å²) in [7, 11) is 1.65. The number of methoxy groups -OCH3 is 1. The molecular weight excluding hydrogens is 282 g/mol. The zero-order valence-corrected chi connectivity index (χ0v) is 12.2. The zero-order chi connectivity index (χ0) is 13.7. The maximum absolute atomic E-state index is 6.28. The van der Waals surface area contributed by atoms with Crippen molar-refractivity contribution in [2.45, 2.75) is 6.04 Å². The highest BCUT2D eigenvalue weighted by atomic mass is 35.5. The van der Waals surface area contributed by atoms with Crippen molar-refractivity contribution >= 4 is 22.9 Å². The Morgan fingerprint density at radius 1 is 1.26 bits per heavy atom. The van der Waals surface area contributed by atoms with E-state index in [-0.39, 0.29) is 6.04 Å². The van der Waals surface area contributed by atoms with Crippen molar-refractivity contribution in [3.8, 4) is 5.75 Å². The average Bonchev–Trinajstić information content (AvgIpc) is 2.85. The number of nitrogens with two attached hydrogens (primary N) is 1. The number of hydrogen-bond donors (Lipinski definition) is 1. The standard InChI is InChI=1S/C14H16ClNO2S/c1-17-7-8-18-12-5-3-2-4-10(12)13(16)14-11(15)6-9-19-14/h2-6,9,13H,7-8,16H2,1H3. The summed E-state index contributed by atoms with van der Waals surface area (Å²) in [5, 5.41) is 2.63. The molecule has 0 saturated carbocycles. The van der Waals surface area contributed by atoms with Crippen molar-refractivity contribution in [1.29, 1.82) is 0 Å². The van der Waals surface area contributed by atoms with Gasteiger partial charge in [-0.2, -0.15) is 0 Å². The lowest BCUT2D eigenvalue weighted by molar-refractivity contribution is 0.145. The van der Waals surface area contributed by atoms with Gasteiger partial charge in [-0.1, -0.05) is 29.8 Å². The largest absolute Gasteiger partial charge is 0.491 e. The summed E-state index contributed by atoms with van der Waals surface area (Å²) < 4.78 is 10.7. The van der Waals surface area contributed by atoms with Gasteiger partial charge in [-0.25, -0.2) is 0 Å². The lowest BCUT2D eigenvalue weighted by Crippen LogP contribution is -2.14. The molecule has 1 aromatic carbocycles. The Kier molecular flexibility index (Phi) is 5.22. The molecule has 3 nitrogen and oxygen atoms in total. The maximum atomic E-state index is 6.28. The van der Waals surface area contributed by atoms with Crippen molar-refractivity contribution in [1.82, 2.24) is 0 Å². The van der Waals surface area contributed by atoms with Crippen LogP contribution in [0.25, 0.3) is 0 Å². The van der Waals surface area contributed by atoms with Crippen LogP contribution in [-0.4, -0.2) is 20.3 Å². The van der Waals surface area contributed by atoms with Gasteiger partial charge in [0.25, 0.3) is 0 Å². The Morgan fingerprint density at radius 2 is 2.05 bits per heavy atom. The van der Waals surface area contributed by atoms with Crippen LogP contribution in [0.2, 0.25) is 5.02 Å². The summed E-state index contributed by atoms with van der Waals surface area (Å²) in [5.74, 6) is 0.775. The molecule has 1 unspecified atom stereocenters. The van der Waals surface area contributed by atoms with Crippen LogP contribution in [0.15, 0.2) is 35.7 Å². The number of hydrogen-bond acceptors (Lipinski definition) is 4. The fourth-order valence-electron chi connectivity index (χ4n) is 1.77. The van der Waals surface area contributed by atoms with E-state index in [4.69, 9.17) is 26.8 Å². The van der Waals surface area contributed by atoms with Crippen LogP contribution < -0.4 is 10.5 Å². The summed E-state index contributed by atoms with van der Waals surface area (Å²) >= 11 is 7.69. The summed E-state index contributed by atoms with van der Waals surface area (Å²) in [6.45, 7) is 1.04. The molecule has 0 bridgehead atoms. The number of ether oxygens (including phenoxy) is 2. The van der Waals surface area contributed by atoms with Gasteiger partial charge in [-0.15, -0.1) is 11.3 Å². The van der Waals surface area contributed by atoms with Crippen molar-refractivity contribution in [2.24, 2.45) is 5.73 Å². The first-order valence-corrected chi connectivity index (χ1v) is 7.19. The molecule has 2 aromatic rings. The van der Waals surface area contributed by atoms with E-state index in [1.165, 1.54) is 0 Å². The lowest BCUT2D eigenvalue weighted by Gasteiger charge is -2.16. The first-order chi connectivity index (χ1) is 9.24. The number of benzene rings is 1. The number of thiophene rings is 1. The molecule has 1 heterocycles. The molecule has 0 amide bonds. The second-order valence-electron chi connectivity index (χ2n) is 3.99. The molecule has 2 N–H and O–H groups in total. The third-order valence-electron chi connectivity index (χ3n) is 2.73. The van der Waals surface area contributed by atoms with E-state index < -0.39 is 0 Å². The molecule has 0 aliphatic heterocycles. The predicted molar refractivity (Wildman–Crippen MR) is 79.2 cm³/mol. The quantitative estimate of drug-likeness (QED) is 0.830. The number of halogens is 1. The molecule has 0 aliphatic carbocycles. The monoisotopic (exact) mass is 297 g/mol. The Hall–Kier alpha value is -1.07. The minimum absolute atomic E-state index is 0.272. The van der Waals surface area contributed by atoms with Crippen molar-refractivity contribution in [2.75, 3.05) is 20.3 Å². The molecule has 2 rings (SSSR count). The fraction of sp³-hybridized carbons (Fsp3) is 0.286. The molecule has 1 atom stereocenters. The summed E-state index contributed by atoms with van der Waals surface area (Å²) in [4.78, 5) is 0.949. The highest BCUT2D eigenvalue weighted by molar-refractivity contribution is 7.10. The van der Waals surface area contributed by atoms with Crippen LogP contribution in [0.4, 0.5) is 0 Å². The Balaban J connectivity index is 2.21. The Labute approximate surface area is 121 Å². The lowest BCUT2D eigenvalue weighted by atomic mass is 10.1. The van der Waals surface area contributed by atoms with Crippen LogP contribution in [0.5, 0.6) is 5.75 Å². The Morgan fingerprint density at radius 3 is 2.74 bits per heavy atom. The molecule has 0 fully saturated rings. The minimum Gasteiger partial charge on any atom is -0.491 e. The normalized spacial score (nSPS) is 12.4. The molecule has 19 heavy (non-hydrogen) atoms. The first-order valence-electron chi connectivity index (χ1n) is 5.93. The third kappa shape index (κ3) is 3.48. The summed E-state index contributed by atoms with van der Waals surface area (Å²) in [6.07, 6.45) is 0. The SMILES string of the molecule is COCCOc1ccccc1C(N)c1sccc1Cl. The van der Waals surface area contributed by atoms with Gasteiger partial charge >= 0.3 is 0 Å². The summed E-state index contributed by atoms with van der Waals surface area (Å²) in [6, 6.07) is 9.32. The average molecular weight is 298 g/mol. The highest BCUT2D eigenvalue weighted by Crippen LogP contribution is 2.35. The van der Waals surface area contributed by atoms with Gasteiger partial charge in [0.1, 0.15) is 12.4 Å². The van der Waals surface area contributed by atoms with Crippen LogP contribution in [-0.2, 0) is 4.74 Å². The van der Waals surface area contributed by atoms with Crippen LogP contribution in [0.3, 0.4) is 0 Å². The minimum atomic E-state index is -0.272. The molecule has 0 radical (unpaired) electrons. The molecule has 0 spiro atoms.